The van der Waals surface area contributed by atoms with Crippen molar-refractivity contribution in [1.82, 2.24) is 0 Å². The normalized spacial score (nSPS) is 11.5. The Hall–Kier alpha value is -3.84. The summed E-state index contributed by atoms with van der Waals surface area (Å²) in [6.07, 6.45) is 1.04. The van der Waals surface area contributed by atoms with Crippen molar-refractivity contribution < 1.29 is 4.42 Å². The molecule has 0 aliphatic rings. The molecule has 6 aromatic rings. The van der Waals surface area contributed by atoms with Gasteiger partial charge in [0.2, 0.25) is 0 Å². The lowest BCUT2D eigenvalue weighted by Gasteiger charge is -2.08. The van der Waals surface area contributed by atoms with Gasteiger partial charge in [-0.15, -0.1) is 0 Å². The van der Waals surface area contributed by atoms with Gasteiger partial charge in [-0.1, -0.05) is 97.9 Å². The number of benzene rings is 5. The minimum atomic E-state index is 0.938. The Morgan fingerprint density at radius 2 is 1.35 bits per heavy atom. The van der Waals surface area contributed by atoms with Gasteiger partial charge in [0.05, 0.1) is 0 Å². The summed E-state index contributed by atoms with van der Waals surface area (Å²) in [6.45, 7) is 2.20. The molecule has 0 unspecified atom stereocenters. The van der Waals surface area contributed by atoms with Crippen molar-refractivity contribution >= 4 is 32.7 Å². The van der Waals surface area contributed by atoms with E-state index in [-0.39, 0.29) is 0 Å². The molecule has 1 heteroatoms. The highest BCUT2D eigenvalue weighted by molar-refractivity contribution is 6.20. The third-order valence-corrected chi connectivity index (χ3v) is 6.23. The molecule has 0 amide bonds. The van der Waals surface area contributed by atoms with E-state index in [1.54, 1.807) is 0 Å². The van der Waals surface area contributed by atoms with Crippen LogP contribution in [0.25, 0.3) is 55.0 Å². The highest BCUT2D eigenvalue weighted by Crippen LogP contribution is 2.39. The molecule has 0 N–H and O–H groups in total. The van der Waals surface area contributed by atoms with E-state index in [1.165, 1.54) is 43.8 Å². The van der Waals surface area contributed by atoms with E-state index in [0.29, 0.717) is 0 Å². The summed E-state index contributed by atoms with van der Waals surface area (Å²) in [7, 11) is 0. The van der Waals surface area contributed by atoms with Crippen molar-refractivity contribution in [1.29, 1.82) is 0 Å². The van der Waals surface area contributed by atoms with Gasteiger partial charge in [0, 0.05) is 16.3 Å². The quantitative estimate of drug-likeness (QED) is 0.291. The lowest BCUT2D eigenvalue weighted by molar-refractivity contribution is 0.670. The van der Waals surface area contributed by atoms with Crippen LogP contribution in [-0.2, 0) is 6.42 Å². The lowest BCUT2D eigenvalue weighted by Crippen LogP contribution is -1.84. The maximum atomic E-state index is 6.43. The van der Waals surface area contributed by atoms with E-state index >= 15 is 0 Å². The lowest BCUT2D eigenvalue weighted by atomic mass is 9.96. The molecule has 0 saturated heterocycles. The molecule has 5 aromatic carbocycles. The van der Waals surface area contributed by atoms with Crippen LogP contribution in [-0.4, -0.2) is 0 Å². The summed E-state index contributed by atoms with van der Waals surface area (Å²) in [4.78, 5) is 0. The predicted octanol–water partition coefficient (Wildman–Crippen LogP) is 8.64. The smallest absolute Gasteiger partial charge is 0.143 e. The van der Waals surface area contributed by atoms with Crippen LogP contribution < -0.4 is 0 Å². The van der Waals surface area contributed by atoms with Gasteiger partial charge in [0.1, 0.15) is 11.2 Å². The molecule has 0 atom stereocenters. The van der Waals surface area contributed by atoms with Crippen LogP contribution >= 0.6 is 0 Å². The van der Waals surface area contributed by atoms with E-state index in [4.69, 9.17) is 4.42 Å². The molecular weight excluding hydrogens is 376 g/mol. The van der Waals surface area contributed by atoms with Crippen LogP contribution in [0.2, 0.25) is 0 Å². The standard InChI is InChI=1S/C30H22O/c1-2-20-8-5-10-22(18-20)23-11-6-12-24(19-23)26-14-7-15-27-29-25-13-4-3-9-21(25)16-17-28(29)31-30(26)27/h3-19H,2H2,1H3. The van der Waals surface area contributed by atoms with Crippen molar-refractivity contribution in [3.63, 3.8) is 0 Å². The zero-order valence-electron chi connectivity index (χ0n) is 17.4. The van der Waals surface area contributed by atoms with Gasteiger partial charge in [0.25, 0.3) is 0 Å². The van der Waals surface area contributed by atoms with Gasteiger partial charge in [0.15, 0.2) is 0 Å². The highest BCUT2D eigenvalue weighted by atomic mass is 16.3. The molecule has 1 aromatic heterocycles. The fourth-order valence-electron chi connectivity index (χ4n) is 4.63. The van der Waals surface area contributed by atoms with Crippen LogP contribution in [0.3, 0.4) is 0 Å². The maximum absolute atomic E-state index is 6.43. The number of aryl methyl sites for hydroxylation is 1. The summed E-state index contributed by atoms with van der Waals surface area (Å²) < 4.78 is 6.43. The summed E-state index contributed by atoms with van der Waals surface area (Å²) in [5.41, 5.74) is 8.03. The largest absolute Gasteiger partial charge is 0.455 e. The number of hydrogen-bond donors (Lipinski definition) is 0. The molecule has 31 heavy (non-hydrogen) atoms. The molecule has 148 valence electrons. The molecule has 0 bridgehead atoms. The summed E-state index contributed by atoms with van der Waals surface area (Å²) >= 11 is 0. The van der Waals surface area contributed by atoms with E-state index < -0.39 is 0 Å². The van der Waals surface area contributed by atoms with E-state index in [9.17, 15) is 0 Å². The number of para-hydroxylation sites is 1. The SMILES string of the molecule is CCc1cccc(-c2cccc(-c3cccc4c3oc3ccc5ccccc5c34)c2)c1. The summed E-state index contributed by atoms with van der Waals surface area (Å²) in [5.74, 6) is 0. The molecule has 1 nitrogen and oxygen atoms in total. The molecule has 0 saturated carbocycles. The topological polar surface area (TPSA) is 13.1 Å². The zero-order valence-corrected chi connectivity index (χ0v) is 17.4. The van der Waals surface area contributed by atoms with E-state index in [1.807, 2.05) is 0 Å². The maximum Gasteiger partial charge on any atom is 0.143 e. The van der Waals surface area contributed by atoms with Gasteiger partial charge in [-0.3, -0.25) is 0 Å². The fraction of sp³-hybridized carbons (Fsp3) is 0.0667. The van der Waals surface area contributed by atoms with Crippen LogP contribution in [0.15, 0.2) is 108 Å². The second-order valence-corrected chi connectivity index (χ2v) is 8.08. The molecule has 0 aliphatic carbocycles. The second-order valence-electron chi connectivity index (χ2n) is 8.08. The van der Waals surface area contributed by atoms with Crippen molar-refractivity contribution in [3.8, 4) is 22.3 Å². The Morgan fingerprint density at radius 1 is 0.613 bits per heavy atom. The molecular formula is C30H22O. The van der Waals surface area contributed by atoms with E-state index in [0.717, 1.165) is 23.2 Å². The Kier molecular flexibility index (Phi) is 4.14. The van der Waals surface area contributed by atoms with Gasteiger partial charge in [-0.05, 0) is 51.6 Å². The van der Waals surface area contributed by atoms with Crippen LogP contribution in [0.5, 0.6) is 0 Å². The van der Waals surface area contributed by atoms with Crippen LogP contribution in [0, 0.1) is 0 Å². The van der Waals surface area contributed by atoms with Gasteiger partial charge < -0.3 is 4.42 Å². The van der Waals surface area contributed by atoms with Gasteiger partial charge in [-0.25, -0.2) is 0 Å². The first-order valence-corrected chi connectivity index (χ1v) is 10.8. The van der Waals surface area contributed by atoms with Crippen LogP contribution in [0.4, 0.5) is 0 Å². The fourth-order valence-corrected chi connectivity index (χ4v) is 4.63. The molecule has 0 radical (unpaired) electrons. The number of fused-ring (bicyclic) bond motifs is 5. The summed E-state index contributed by atoms with van der Waals surface area (Å²) in [6, 6.07) is 36.8. The van der Waals surface area contributed by atoms with Crippen molar-refractivity contribution in [2.75, 3.05) is 0 Å². The number of rotatable bonds is 3. The Labute approximate surface area is 181 Å². The first kappa shape index (κ1) is 18.0. The Balaban J connectivity index is 1.58. The van der Waals surface area contributed by atoms with Crippen LogP contribution in [0.1, 0.15) is 12.5 Å². The van der Waals surface area contributed by atoms with Gasteiger partial charge in [-0.2, -0.15) is 0 Å². The Bertz CT molecular complexity index is 1570. The highest BCUT2D eigenvalue weighted by Gasteiger charge is 2.14. The average molecular weight is 399 g/mol. The number of hydrogen-bond acceptors (Lipinski definition) is 1. The van der Waals surface area contributed by atoms with Crippen molar-refractivity contribution in [3.05, 3.63) is 109 Å². The number of furan rings is 1. The first-order valence-electron chi connectivity index (χ1n) is 10.8. The second kappa shape index (κ2) is 7.14. The monoisotopic (exact) mass is 398 g/mol. The van der Waals surface area contributed by atoms with Crippen molar-refractivity contribution in [2.24, 2.45) is 0 Å². The zero-order chi connectivity index (χ0) is 20.8. The molecule has 0 fully saturated rings. The average Bonchev–Trinajstić information content (AvgIpc) is 3.23. The van der Waals surface area contributed by atoms with E-state index in [2.05, 4.69) is 110 Å². The molecule has 0 aliphatic heterocycles. The molecule has 6 rings (SSSR count). The molecule has 0 spiro atoms. The predicted molar refractivity (Wildman–Crippen MR) is 131 cm³/mol. The third-order valence-electron chi connectivity index (χ3n) is 6.23. The third kappa shape index (κ3) is 2.93. The van der Waals surface area contributed by atoms with Gasteiger partial charge >= 0.3 is 0 Å². The minimum absolute atomic E-state index is 0.938. The summed E-state index contributed by atoms with van der Waals surface area (Å²) in [5, 5.41) is 4.84. The first-order chi connectivity index (χ1) is 15.3. The Morgan fingerprint density at radius 3 is 2.26 bits per heavy atom. The van der Waals surface area contributed by atoms with Crippen molar-refractivity contribution in [2.45, 2.75) is 13.3 Å². The minimum Gasteiger partial charge on any atom is -0.455 e. The molecule has 1 heterocycles.